The number of nitrogens with zero attached hydrogens (tertiary/aromatic N) is 1. The van der Waals surface area contributed by atoms with Crippen LogP contribution in [0.25, 0.3) is 0 Å². The predicted octanol–water partition coefficient (Wildman–Crippen LogP) is -0.467. The molecule has 0 bridgehead atoms. The first-order chi connectivity index (χ1) is 4.66. The molecule has 3 atom stereocenters. The normalized spacial score (nSPS) is 39.4. The summed E-state index contributed by atoms with van der Waals surface area (Å²) < 4.78 is 4.68. The Bertz CT molecular complexity index is 169. The molecule has 56 valence electrons. The number of aliphatic imine (C=N–C) groups is 1. The van der Waals surface area contributed by atoms with E-state index in [2.05, 4.69) is 16.4 Å². The van der Waals surface area contributed by atoms with Crippen LogP contribution in [0, 0.1) is 5.92 Å². The lowest BCUT2D eigenvalue weighted by molar-refractivity contribution is -0.142. The molecule has 1 aliphatic heterocycles. The van der Waals surface area contributed by atoms with E-state index in [-0.39, 0.29) is 11.9 Å². The molecule has 2 N–H and O–H groups in total. The highest BCUT2D eigenvalue weighted by atomic mass is 16.6. The van der Waals surface area contributed by atoms with E-state index in [1.54, 1.807) is 0 Å². The van der Waals surface area contributed by atoms with Crippen LogP contribution < -0.4 is 5.73 Å². The summed E-state index contributed by atoms with van der Waals surface area (Å²) >= 11 is 0. The molecule has 4 heteroatoms. The first-order valence-electron chi connectivity index (χ1n) is 3.08. The van der Waals surface area contributed by atoms with Gasteiger partial charge in [-0.3, -0.25) is 10.7 Å². The largest absolute Gasteiger partial charge is 0.445 e. The smallest absolute Gasteiger partial charge is 0.332 e. The highest BCUT2D eigenvalue weighted by Crippen LogP contribution is 2.20. The lowest BCUT2D eigenvalue weighted by Crippen LogP contribution is -2.27. The predicted molar refractivity (Wildman–Crippen MR) is 36.6 cm³/mol. The summed E-state index contributed by atoms with van der Waals surface area (Å²) in [6.45, 7) is 5.09. The van der Waals surface area contributed by atoms with Crippen LogP contribution in [-0.4, -0.2) is 25.0 Å². The quantitative estimate of drug-likeness (QED) is 0.397. The Hall–Kier alpha value is -0.900. The minimum Gasteiger partial charge on any atom is -0.445 e. The van der Waals surface area contributed by atoms with Crippen LogP contribution >= 0.6 is 0 Å². The Kier molecular flexibility index (Phi) is 1.72. The molecule has 1 rings (SSSR count). The minimum atomic E-state index is -0.511. The number of nitrogens with two attached hydrogens (primary N) is 1. The van der Waals surface area contributed by atoms with Crippen LogP contribution in [0.5, 0.6) is 0 Å². The highest BCUT2D eigenvalue weighted by molar-refractivity contribution is 5.79. The third kappa shape index (κ3) is 0.903. The van der Waals surface area contributed by atoms with Crippen LogP contribution in [0.4, 0.5) is 0 Å². The molecule has 0 saturated carbocycles. The number of hydrogen-bond donors (Lipinski definition) is 1. The molecule has 0 aliphatic carbocycles. The van der Waals surface area contributed by atoms with E-state index < -0.39 is 12.3 Å². The van der Waals surface area contributed by atoms with Crippen molar-refractivity contribution in [1.29, 1.82) is 0 Å². The topological polar surface area (TPSA) is 64.7 Å². The molecule has 4 nitrogen and oxygen atoms in total. The van der Waals surface area contributed by atoms with Gasteiger partial charge in [-0.2, -0.15) is 0 Å². The van der Waals surface area contributed by atoms with Gasteiger partial charge in [-0.1, -0.05) is 6.92 Å². The zero-order valence-electron chi connectivity index (χ0n) is 5.78. The molecule has 0 aromatic heterocycles. The summed E-state index contributed by atoms with van der Waals surface area (Å²) in [4.78, 5) is 14.4. The summed E-state index contributed by atoms with van der Waals surface area (Å²) in [6.07, 6.45) is -0.511. The second-order valence-corrected chi connectivity index (χ2v) is 2.39. The van der Waals surface area contributed by atoms with Crippen molar-refractivity contribution in [2.24, 2.45) is 16.6 Å². The van der Waals surface area contributed by atoms with Gasteiger partial charge in [-0.25, -0.2) is 4.79 Å². The van der Waals surface area contributed by atoms with Gasteiger partial charge in [0.1, 0.15) is 0 Å². The van der Waals surface area contributed by atoms with Crippen molar-refractivity contribution in [3.8, 4) is 0 Å². The maximum atomic E-state index is 10.8. The van der Waals surface area contributed by atoms with E-state index in [1.807, 2.05) is 6.92 Å². The number of hydrogen-bond acceptors (Lipinski definition) is 4. The van der Waals surface area contributed by atoms with Gasteiger partial charge in [-0.15, -0.1) is 0 Å². The molecule has 1 fully saturated rings. The van der Waals surface area contributed by atoms with Crippen molar-refractivity contribution in [1.82, 2.24) is 0 Å². The zero-order chi connectivity index (χ0) is 7.72. The summed E-state index contributed by atoms with van der Waals surface area (Å²) in [5.74, 6) is -0.417. The van der Waals surface area contributed by atoms with Gasteiger partial charge in [0.2, 0.25) is 0 Å². The Labute approximate surface area is 59.1 Å². The second-order valence-electron chi connectivity index (χ2n) is 2.39. The summed E-state index contributed by atoms with van der Waals surface area (Å²) in [7, 11) is 0. The van der Waals surface area contributed by atoms with Gasteiger partial charge >= 0.3 is 5.97 Å². The number of cyclic esters (lactones) is 1. The lowest BCUT2D eigenvalue weighted by Gasteiger charge is -2.06. The minimum absolute atomic E-state index is 0.0509. The van der Waals surface area contributed by atoms with Gasteiger partial charge in [0.25, 0.3) is 0 Å². The fourth-order valence-electron chi connectivity index (χ4n) is 0.946. The fraction of sp³-hybridized carbons (Fsp3) is 0.667. The molecule has 1 saturated heterocycles. The van der Waals surface area contributed by atoms with Crippen LogP contribution in [0.3, 0.4) is 0 Å². The van der Waals surface area contributed by atoms with Crippen LogP contribution in [0.2, 0.25) is 0 Å². The number of rotatable bonds is 1. The Morgan fingerprint density at radius 2 is 2.40 bits per heavy atom. The Balaban J connectivity index is 2.73. The molecule has 3 unspecified atom stereocenters. The Morgan fingerprint density at radius 3 is 2.60 bits per heavy atom. The number of carbonyl (C=O) groups excluding carboxylic acids is 1. The lowest BCUT2D eigenvalue weighted by atomic mass is 10.1. The third-order valence-electron chi connectivity index (χ3n) is 1.71. The third-order valence-corrected chi connectivity index (χ3v) is 1.71. The molecule has 0 spiro atoms. The number of carbonyl (C=O) groups is 1. The van der Waals surface area contributed by atoms with Crippen LogP contribution in [-0.2, 0) is 9.53 Å². The van der Waals surface area contributed by atoms with E-state index in [4.69, 9.17) is 5.73 Å². The van der Waals surface area contributed by atoms with Crippen molar-refractivity contribution >= 4 is 12.7 Å². The van der Waals surface area contributed by atoms with Crippen molar-refractivity contribution in [3.63, 3.8) is 0 Å². The van der Waals surface area contributed by atoms with E-state index in [0.717, 1.165) is 0 Å². The van der Waals surface area contributed by atoms with Gasteiger partial charge in [0.05, 0.1) is 0 Å². The molecular formula is C6H10N2O2. The molecule has 0 aromatic rings. The highest BCUT2D eigenvalue weighted by Gasteiger charge is 2.38. The van der Waals surface area contributed by atoms with Gasteiger partial charge < -0.3 is 4.74 Å². The summed E-state index contributed by atoms with van der Waals surface area (Å²) in [5, 5.41) is 0. The number of esters is 1. The van der Waals surface area contributed by atoms with Crippen molar-refractivity contribution in [2.45, 2.75) is 19.2 Å². The van der Waals surface area contributed by atoms with Gasteiger partial charge in [0, 0.05) is 5.92 Å². The molecule has 0 aromatic carbocycles. The molecule has 0 radical (unpaired) electrons. The number of ether oxygens (including phenoxy) is 1. The van der Waals surface area contributed by atoms with Gasteiger partial charge in [-0.05, 0) is 6.72 Å². The van der Waals surface area contributed by atoms with E-state index >= 15 is 0 Å². The Morgan fingerprint density at radius 1 is 1.80 bits per heavy atom. The molecule has 1 aliphatic rings. The average molecular weight is 142 g/mol. The van der Waals surface area contributed by atoms with Crippen molar-refractivity contribution < 1.29 is 9.53 Å². The molecule has 1 heterocycles. The standard InChI is InChI=1S/C6H10N2O2/c1-3-4(8-2)6(9)10-5(3)7/h3-5H,2,7H2,1H3. The first-order valence-corrected chi connectivity index (χ1v) is 3.08. The maximum Gasteiger partial charge on any atom is 0.332 e. The van der Waals surface area contributed by atoms with Crippen LogP contribution in [0.15, 0.2) is 4.99 Å². The van der Waals surface area contributed by atoms with Crippen molar-refractivity contribution in [3.05, 3.63) is 0 Å². The maximum absolute atomic E-state index is 10.8. The van der Waals surface area contributed by atoms with Gasteiger partial charge in [0.15, 0.2) is 12.3 Å². The second kappa shape index (κ2) is 2.38. The van der Waals surface area contributed by atoms with E-state index in [0.29, 0.717) is 0 Å². The van der Waals surface area contributed by atoms with E-state index in [9.17, 15) is 4.79 Å². The average Bonchev–Trinajstić information content (AvgIpc) is 2.09. The summed E-state index contributed by atoms with van der Waals surface area (Å²) in [6, 6.07) is -0.463. The SMILES string of the molecule is C=NC1C(=O)OC(N)C1C. The van der Waals surface area contributed by atoms with Crippen molar-refractivity contribution in [2.75, 3.05) is 0 Å². The zero-order valence-corrected chi connectivity index (χ0v) is 5.78. The molecular weight excluding hydrogens is 132 g/mol. The molecule has 10 heavy (non-hydrogen) atoms. The molecule has 0 amide bonds. The van der Waals surface area contributed by atoms with E-state index in [1.165, 1.54) is 0 Å². The first kappa shape index (κ1) is 7.21. The monoisotopic (exact) mass is 142 g/mol. The summed E-state index contributed by atoms with van der Waals surface area (Å²) in [5.41, 5.74) is 5.40. The fourth-order valence-corrected chi connectivity index (χ4v) is 0.946. The van der Waals surface area contributed by atoms with Crippen LogP contribution in [0.1, 0.15) is 6.92 Å².